The van der Waals surface area contributed by atoms with E-state index >= 15 is 0 Å². The van der Waals surface area contributed by atoms with Crippen molar-refractivity contribution in [3.05, 3.63) is 54.6 Å². The summed E-state index contributed by atoms with van der Waals surface area (Å²) < 4.78 is 53.4. The molecule has 0 bridgehead atoms. The summed E-state index contributed by atoms with van der Waals surface area (Å²) in [6, 6.07) is 2.10. The number of hydrogen-bond donors (Lipinski definition) is 1. The standard InChI is InChI=1S/C14H18F2N2O2S/c1-4-6-18(7-5-2)21(19,20)13-9-11(10-17-3)8-12(15)14(13)16/h4-5,8-9,17H,1-2,6-7,10H2,3H3. The van der Waals surface area contributed by atoms with Crippen LogP contribution >= 0.6 is 0 Å². The second-order valence-electron chi connectivity index (χ2n) is 4.32. The topological polar surface area (TPSA) is 49.4 Å². The summed E-state index contributed by atoms with van der Waals surface area (Å²) in [4.78, 5) is -0.684. The molecule has 1 N–H and O–H groups in total. The fraction of sp³-hybridized carbons (Fsp3) is 0.286. The molecule has 0 fully saturated rings. The molecule has 7 heteroatoms. The summed E-state index contributed by atoms with van der Waals surface area (Å²) >= 11 is 0. The van der Waals surface area contributed by atoms with Crippen molar-refractivity contribution in [3.8, 4) is 0 Å². The minimum absolute atomic E-state index is 0.0222. The van der Waals surface area contributed by atoms with Gasteiger partial charge in [-0.2, -0.15) is 4.31 Å². The van der Waals surface area contributed by atoms with Crippen molar-refractivity contribution >= 4 is 10.0 Å². The van der Waals surface area contributed by atoms with E-state index < -0.39 is 26.6 Å². The molecule has 0 aromatic heterocycles. The maximum Gasteiger partial charge on any atom is 0.246 e. The largest absolute Gasteiger partial charge is 0.316 e. The first-order valence-corrected chi connectivity index (χ1v) is 7.67. The molecular weight excluding hydrogens is 298 g/mol. The molecule has 1 aromatic rings. The molecule has 0 saturated carbocycles. The van der Waals surface area contributed by atoms with Gasteiger partial charge in [-0.15, -0.1) is 13.2 Å². The first-order valence-electron chi connectivity index (χ1n) is 6.23. The fourth-order valence-corrected chi connectivity index (χ4v) is 3.31. The maximum absolute atomic E-state index is 13.9. The van der Waals surface area contributed by atoms with Crippen molar-refractivity contribution in [1.29, 1.82) is 0 Å². The van der Waals surface area contributed by atoms with Crippen LogP contribution in [0.5, 0.6) is 0 Å². The van der Waals surface area contributed by atoms with Crippen LogP contribution in [0.1, 0.15) is 5.56 Å². The molecule has 0 spiro atoms. The molecule has 0 aliphatic rings. The van der Waals surface area contributed by atoms with Crippen molar-refractivity contribution in [2.24, 2.45) is 0 Å². The van der Waals surface area contributed by atoms with Crippen molar-refractivity contribution in [2.75, 3.05) is 20.1 Å². The summed E-state index contributed by atoms with van der Waals surface area (Å²) in [5.41, 5.74) is 0.340. The average Bonchev–Trinajstić information content (AvgIpc) is 2.42. The molecule has 0 atom stereocenters. The third kappa shape index (κ3) is 3.96. The molecule has 4 nitrogen and oxygen atoms in total. The Morgan fingerprint density at radius 2 is 1.81 bits per heavy atom. The number of rotatable bonds is 8. The lowest BCUT2D eigenvalue weighted by Gasteiger charge is -2.20. The summed E-state index contributed by atoms with van der Waals surface area (Å²) in [7, 11) is -2.55. The van der Waals surface area contributed by atoms with E-state index in [4.69, 9.17) is 0 Å². The predicted octanol–water partition coefficient (Wildman–Crippen LogP) is 2.05. The van der Waals surface area contributed by atoms with E-state index in [1.54, 1.807) is 7.05 Å². The quantitative estimate of drug-likeness (QED) is 0.747. The molecule has 1 aromatic carbocycles. The van der Waals surface area contributed by atoms with E-state index in [1.807, 2.05) is 0 Å². The second kappa shape index (κ2) is 7.44. The molecule has 0 aliphatic heterocycles. The van der Waals surface area contributed by atoms with Gasteiger partial charge in [0, 0.05) is 19.6 Å². The van der Waals surface area contributed by atoms with Gasteiger partial charge in [0.1, 0.15) is 4.90 Å². The van der Waals surface area contributed by atoms with Crippen molar-refractivity contribution in [2.45, 2.75) is 11.4 Å². The van der Waals surface area contributed by atoms with Crippen LogP contribution in [0.3, 0.4) is 0 Å². The number of sulfonamides is 1. The Hall–Kier alpha value is -1.57. The lowest BCUT2D eigenvalue weighted by atomic mass is 10.2. The Balaban J connectivity index is 3.40. The van der Waals surface area contributed by atoms with Crippen molar-refractivity contribution in [1.82, 2.24) is 9.62 Å². The van der Waals surface area contributed by atoms with Gasteiger partial charge in [0.15, 0.2) is 11.6 Å². The van der Waals surface area contributed by atoms with E-state index in [-0.39, 0.29) is 19.6 Å². The zero-order valence-electron chi connectivity index (χ0n) is 11.8. The summed E-state index contributed by atoms with van der Waals surface area (Å²) in [6.07, 6.45) is 2.74. The van der Waals surface area contributed by atoms with Gasteiger partial charge in [-0.05, 0) is 24.7 Å². The van der Waals surface area contributed by atoms with Crippen LogP contribution < -0.4 is 5.32 Å². The Bertz CT molecular complexity index is 620. The first-order chi connectivity index (χ1) is 9.88. The lowest BCUT2D eigenvalue weighted by molar-refractivity contribution is 0.450. The zero-order chi connectivity index (χ0) is 16.0. The SMILES string of the molecule is C=CCN(CC=C)S(=O)(=O)c1cc(CNC)cc(F)c1F. The van der Waals surface area contributed by atoms with Crippen LogP contribution in [0.25, 0.3) is 0 Å². The van der Waals surface area contributed by atoms with Crippen LogP contribution in [0.15, 0.2) is 42.3 Å². The third-order valence-electron chi connectivity index (χ3n) is 2.72. The molecular formula is C14H18F2N2O2S. The molecule has 0 heterocycles. The van der Waals surface area contributed by atoms with Crippen LogP contribution in [0.4, 0.5) is 8.78 Å². The van der Waals surface area contributed by atoms with Crippen molar-refractivity contribution in [3.63, 3.8) is 0 Å². The summed E-state index contributed by atoms with van der Waals surface area (Å²) in [5, 5.41) is 2.76. The summed E-state index contributed by atoms with van der Waals surface area (Å²) in [5.74, 6) is -2.58. The highest BCUT2D eigenvalue weighted by molar-refractivity contribution is 7.89. The van der Waals surface area contributed by atoms with Gasteiger partial charge in [-0.25, -0.2) is 17.2 Å². The predicted molar refractivity (Wildman–Crippen MR) is 78.3 cm³/mol. The number of nitrogens with zero attached hydrogens (tertiary/aromatic N) is 1. The fourth-order valence-electron chi connectivity index (χ4n) is 1.81. The highest BCUT2D eigenvalue weighted by Gasteiger charge is 2.28. The lowest BCUT2D eigenvalue weighted by Crippen LogP contribution is -2.32. The number of nitrogens with one attached hydrogen (secondary N) is 1. The minimum Gasteiger partial charge on any atom is -0.316 e. The Morgan fingerprint density at radius 3 is 2.29 bits per heavy atom. The van der Waals surface area contributed by atoms with E-state index in [1.165, 1.54) is 12.2 Å². The van der Waals surface area contributed by atoms with Crippen LogP contribution in [-0.2, 0) is 16.6 Å². The van der Waals surface area contributed by atoms with Gasteiger partial charge in [-0.3, -0.25) is 0 Å². The molecule has 0 unspecified atom stereocenters. The molecule has 1 rings (SSSR count). The molecule has 0 aliphatic carbocycles. The van der Waals surface area contributed by atoms with E-state index in [9.17, 15) is 17.2 Å². The number of hydrogen-bond acceptors (Lipinski definition) is 3. The average molecular weight is 316 g/mol. The molecule has 21 heavy (non-hydrogen) atoms. The van der Waals surface area contributed by atoms with Crippen molar-refractivity contribution < 1.29 is 17.2 Å². The highest BCUT2D eigenvalue weighted by atomic mass is 32.2. The normalized spacial score (nSPS) is 11.6. The minimum atomic E-state index is -4.17. The molecule has 116 valence electrons. The smallest absolute Gasteiger partial charge is 0.246 e. The van der Waals surface area contributed by atoms with Gasteiger partial charge in [0.25, 0.3) is 0 Å². The third-order valence-corrected chi connectivity index (χ3v) is 4.55. The Morgan fingerprint density at radius 1 is 1.24 bits per heavy atom. The van der Waals surface area contributed by atoms with Gasteiger partial charge in [-0.1, -0.05) is 12.2 Å². The van der Waals surface area contributed by atoms with Crippen LogP contribution in [-0.4, -0.2) is 32.9 Å². The molecule has 0 radical (unpaired) electrons. The van der Waals surface area contributed by atoms with E-state index in [0.717, 1.165) is 16.4 Å². The van der Waals surface area contributed by atoms with E-state index in [0.29, 0.717) is 5.56 Å². The van der Waals surface area contributed by atoms with Gasteiger partial charge < -0.3 is 5.32 Å². The van der Waals surface area contributed by atoms with Gasteiger partial charge in [0.2, 0.25) is 10.0 Å². The van der Waals surface area contributed by atoms with Crippen LogP contribution in [0.2, 0.25) is 0 Å². The molecule has 0 saturated heterocycles. The second-order valence-corrected chi connectivity index (χ2v) is 6.23. The van der Waals surface area contributed by atoms with Gasteiger partial charge in [0.05, 0.1) is 0 Å². The number of halogens is 2. The zero-order valence-corrected chi connectivity index (χ0v) is 12.6. The van der Waals surface area contributed by atoms with Gasteiger partial charge >= 0.3 is 0 Å². The maximum atomic E-state index is 13.9. The Labute approximate surface area is 123 Å². The first kappa shape index (κ1) is 17.5. The highest BCUT2D eigenvalue weighted by Crippen LogP contribution is 2.23. The number of benzene rings is 1. The Kier molecular flexibility index (Phi) is 6.19. The van der Waals surface area contributed by atoms with Crippen LogP contribution in [0, 0.1) is 11.6 Å². The van der Waals surface area contributed by atoms with E-state index in [2.05, 4.69) is 18.5 Å². The molecule has 0 amide bonds. The summed E-state index contributed by atoms with van der Waals surface area (Å²) in [6.45, 7) is 7.10. The monoisotopic (exact) mass is 316 g/mol.